The van der Waals surface area contributed by atoms with Crippen LogP contribution in [-0.4, -0.2) is 30.1 Å². The number of benzene rings is 2. The molecule has 32 heavy (non-hydrogen) atoms. The van der Waals surface area contributed by atoms with Gasteiger partial charge in [0, 0.05) is 17.8 Å². The molecule has 1 atom stereocenters. The lowest BCUT2D eigenvalue weighted by atomic mass is 10.1. The first-order valence-electron chi connectivity index (χ1n) is 10.0. The standard InChI is InChI=1S/C12H15ClN2O.C9H7N3O2.C2H6/c1-3-10-11(15-7-8(2)16)5-4-9(6-14)12(10)13;10-5-7-1-3-8(4-2-7)9(14)12-11-6-13;1-2/h4-5,8,15-16H,3,7H2,1-2H3;1-4,6H,(H,11,13)(H,12,14);1-2H3. The lowest BCUT2D eigenvalue weighted by Crippen LogP contribution is -2.36. The van der Waals surface area contributed by atoms with Crippen LogP contribution in [0.2, 0.25) is 5.02 Å². The summed E-state index contributed by atoms with van der Waals surface area (Å²) in [6, 6.07) is 13.5. The van der Waals surface area contributed by atoms with Gasteiger partial charge in [-0.05, 0) is 55.3 Å². The molecule has 2 rings (SSSR count). The smallest absolute Gasteiger partial charge is 0.269 e. The van der Waals surface area contributed by atoms with Crippen LogP contribution in [0.15, 0.2) is 36.4 Å². The molecule has 0 aliphatic carbocycles. The molecule has 0 spiro atoms. The van der Waals surface area contributed by atoms with Crippen LogP contribution >= 0.6 is 11.6 Å². The van der Waals surface area contributed by atoms with E-state index in [0.29, 0.717) is 34.7 Å². The molecule has 2 amide bonds. The summed E-state index contributed by atoms with van der Waals surface area (Å²) in [5.41, 5.74) is 7.31. The second-order valence-corrected chi connectivity index (χ2v) is 6.43. The number of hydrogen-bond acceptors (Lipinski definition) is 6. The highest BCUT2D eigenvalue weighted by Crippen LogP contribution is 2.28. The summed E-state index contributed by atoms with van der Waals surface area (Å²) in [6.07, 6.45) is 0.692. The van der Waals surface area contributed by atoms with Crippen LogP contribution in [0.4, 0.5) is 5.69 Å². The van der Waals surface area contributed by atoms with Gasteiger partial charge in [-0.2, -0.15) is 10.5 Å². The number of rotatable bonds is 7. The first-order chi connectivity index (χ1) is 15.4. The third-order valence-electron chi connectivity index (χ3n) is 3.83. The zero-order valence-corrected chi connectivity index (χ0v) is 19.3. The van der Waals surface area contributed by atoms with Gasteiger partial charge < -0.3 is 10.4 Å². The summed E-state index contributed by atoms with van der Waals surface area (Å²) in [6.45, 7) is 8.16. The number of nitrogens with zero attached hydrogens (tertiary/aromatic N) is 2. The van der Waals surface area contributed by atoms with Crippen molar-refractivity contribution in [2.45, 2.75) is 40.2 Å². The fraction of sp³-hybridized carbons (Fsp3) is 0.304. The van der Waals surface area contributed by atoms with Crippen molar-refractivity contribution in [3.8, 4) is 12.1 Å². The van der Waals surface area contributed by atoms with E-state index in [4.69, 9.17) is 22.1 Å². The van der Waals surface area contributed by atoms with Crippen molar-refractivity contribution in [3.05, 3.63) is 63.7 Å². The van der Waals surface area contributed by atoms with Crippen molar-refractivity contribution >= 4 is 29.6 Å². The number of nitrogens with one attached hydrogen (secondary N) is 3. The van der Waals surface area contributed by atoms with Gasteiger partial charge in [-0.3, -0.25) is 20.4 Å². The SMILES string of the molecule is CC.CCc1c(NCC(C)O)ccc(C#N)c1Cl.N#Cc1ccc(C(=O)NNC=O)cc1. The molecule has 0 saturated carbocycles. The molecule has 0 aliphatic heterocycles. The van der Waals surface area contributed by atoms with Crippen molar-refractivity contribution in [1.82, 2.24) is 10.9 Å². The predicted octanol–water partition coefficient (Wildman–Crippen LogP) is 3.54. The Kier molecular flexibility index (Phi) is 14.3. The van der Waals surface area contributed by atoms with E-state index in [1.165, 1.54) is 24.3 Å². The Morgan fingerprint density at radius 1 is 1.16 bits per heavy atom. The molecule has 2 aromatic rings. The van der Waals surface area contributed by atoms with Gasteiger partial charge in [0.25, 0.3) is 5.91 Å². The van der Waals surface area contributed by atoms with E-state index >= 15 is 0 Å². The average molecular weight is 458 g/mol. The molecule has 2 aromatic carbocycles. The summed E-state index contributed by atoms with van der Waals surface area (Å²) in [7, 11) is 0. The molecule has 1 unspecified atom stereocenters. The molecule has 0 fully saturated rings. The van der Waals surface area contributed by atoms with E-state index < -0.39 is 12.0 Å². The Morgan fingerprint density at radius 2 is 1.78 bits per heavy atom. The second kappa shape index (κ2) is 16.1. The van der Waals surface area contributed by atoms with Crippen LogP contribution < -0.4 is 16.2 Å². The first kappa shape index (κ1) is 28.4. The monoisotopic (exact) mass is 457 g/mol. The van der Waals surface area contributed by atoms with Gasteiger partial charge in [0.05, 0.1) is 28.3 Å². The maximum absolute atomic E-state index is 11.2. The quantitative estimate of drug-likeness (QED) is 0.370. The van der Waals surface area contributed by atoms with Gasteiger partial charge >= 0.3 is 0 Å². The summed E-state index contributed by atoms with van der Waals surface area (Å²) < 4.78 is 0. The maximum Gasteiger partial charge on any atom is 0.269 e. The van der Waals surface area contributed by atoms with Gasteiger partial charge in [-0.1, -0.05) is 32.4 Å². The highest BCUT2D eigenvalue weighted by molar-refractivity contribution is 6.32. The number of amides is 2. The van der Waals surface area contributed by atoms with E-state index in [9.17, 15) is 14.7 Å². The Morgan fingerprint density at radius 3 is 2.25 bits per heavy atom. The van der Waals surface area contributed by atoms with Crippen LogP contribution in [0.5, 0.6) is 0 Å². The van der Waals surface area contributed by atoms with E-state index in [-0.39, 0.29) is 0 Å². The molecular weight excluding hydrogens is 430 g/mol. The molecule has 4 N–H and O–H groups in total. The third kappa shape index (κ3) is 9.48. The lowest BCUT2D eigenvalue weighted by Gasteiger charge is -2.14. The highest BCUT2D eigenvalue weighted by atomic mass is 35.5. The van der Waals surface area contributed by atoms with Crippen molar-refractivity contribution in [2.24, 2.45) is 0 Å². The molecule has 0 radical (unpaired) electrons. The van der Waals surface area contributed by atoms with Gasteiger partial charge in [0.2, 0.25) is 6.41 Å². The summed E-state index contributed by atoms with van der Waals surface area (Å²) in [5, 5.41) is 30.2. The number of hydrazine groups is 1. The summed E-state index contributed by atoms with van der Waals surface area (Å²) in [4.78, 5) is 21.1. The predicted molar refractivity (Wildman–Crippen MR) is 125 cm³/mol. The number of halogens is 1. The van der Waals surface area contributed by atoms with Gasteiger partial charge in [0.1, 0.15) is 6.07 Å². The molecule has 0 aliphatic rings. The number of aliphatic hydroxyl groups is 1. The minimum atomic E-state index is -0.429. The van der Waals surface area contributed by atoms with E-state index in [1.807, 2.05) is 38.3 Å². The number of carbonyl (C=O) groups is 2. The fourth-order valence-electron chi connectivity index (χ4n) is 2.34. The maximum atomic E-state index is 11.2. The second-order valence-electron chi connectivity index (χ2n) is 6.05. The Hall–Kier alpha value is -3.59. The Balaban J connectivity index is 0.000000561. The molecular formula is C23H28ClN5O3. The molecule has 0 heterocycles. The number of anilines is 1. The normalized spacial score (nSPS) is 9.88. The summed E-state index contributed by atoms with van der Waals surface area (Å²) in [5.74, 6) is -0.429. The van der Waals surface area contributed by atoms with Crippen molar-refractivity contribution in [3.63, 3.8) is 0 Å². The van der Waals surface area contributed by atoms with Crippen LogP contribution in [0.3, 0.4) is 0 Å². The van der Waals surface area contributed by atoms with Crippen LogP contribution in [-0.2, 0) is 11.2 Å². The molecule has 0 bridgehead atoms. The lowest BCUT2D eigenvalue weighted by molar-refractivity contribution is -0.110. The van der Waals surface area contributed by atoms with E-state index in [1.54, 1.807) is 13.0 Å². The minimum Gasteiger partial charge on any atom is -0.392 e. The topological polar surface area (TPSA) is 138 Å². The molecule has 9 heteroatoms. The Bertz CT molecular complexity index is 948. The van der Waals surface area contributed by atoms with E-state index in [0.717, 1.165) is 17.7 Å². The number of aliphatic hydroxyl groups excluding tert-OH is 1. The van der Waals surface area contributed by atoms with Crippen LogP contribution in [0.25, 0.3) is 0 Å². The van der Waals surface area contributed by atoms with Crippen molar-refractivity contribution < 1.29 is 14.7 Å². The minimum absolute atomic E-state index is 0.363. The molecule has 0 saturated heterocycles. The zero-order chi connectivity index (χ0) is 24.5. The first-order valence-corrected chi connectivity index (χ1v) is 10.4. The number of hydrogen-bond donors (Lipinski definition) is 4. The Labute approximate surface area is 193 Å². The zero-order valence-electron chi connectivity index (χ0n) is 18.6. The van der Waals surface area contributed by atoms with Gasteiger partial charge in [-0.15, -0.1) is 0 Å². The molecule has 0 aromatic heterocycles. The molecule has 8 nitrogen and oxygen atoms in total. The summed E-state index contributed by atoms with van der Waals surface area (Å²) >= 11 is 6.10. The van der Waals surface area contributed by atoms with Crippen LogP contribution in [0, 0.1) is 22.7 Å². The van der Waals surface area contributed by atoms with Crippen molar-refractivity contribution in [2.75, 3.05) is 11.9 Å². The molecule has 170 valence electrons. The third-order valence-corrected chi connectivity index (χ3v) is 4.26. The van der Waals surface area contributed by atoms with Gasteiger partial charge in [0.15, 0.2) is 0 Å². The van der Waals surface area contributed by atoms with Gasteiger partial charge in [-0.25, -0.2) is 0 Å². The fourth-order valence-corrected chi connectivity index (χ4v) is 2.68. The number of carbonyl (C=O) groups excluding carboxylic acids is 2. The average Bonchev–Trinajstić information content (AvgIpc) is 2.83. The highest BCUT2D eigenvalue weighted by Gasteiger charge is 2.10. The van der Waals surface area contributed by atoms with Crippen LogP contribution in [0.1, 0.15) is 54.7 Å². The largest absolute Gasteiger partial charge is 0.392 e. The number of nitriles is 2. The van der Waals surface area contributed by atoms with Crippen molar-refractivity contribution in [1.29, 1.82) is 10.5 Å². The van der Waals surface area contributed by atoms with E-state index in [2.05, 4.69) is 16.8 Å².